The summed E-state index contributed by atoms with van der Waals surface area (Å²) in [5.74, 6) is 0.313. The molecule has 164 valence electrons. The molecule has 1 aliphatic rings. The minimum Gasteiger partial charge on any atom is -0.354 e. The van der Waals surface area contributed by atoms with Crippen molar-refractivity contribution in [1.29, 1.82) is 5.26 Å². The molecule has 0 spiro atoms. The predicted molar refractivity (Wildman–Crippen MR) is 126 cm³/mol. The van der Waals surface area contributed by atoms with E-state index in [-0.39, 0.29) is 11.3 Å². The number of hydrogen-bond donors (Lipinski definition) is 1. The number of benzene rings is 1. The van der Waals surface area contributed by atoms with Crippen molar-refractivity contribution in [2.45, 2.75) is 12.0 Å². The van der Waals surface area contributed by atoms with Crippen LogP contribution < -0.4 is 5.32 Å². The van der Waals surface area contributed by atoms with Crippen LogP contribution in [0.5, 0.6) is 0 Å². The Hall–Kier alpha value is -3.87. The molecule has 1 aromatic carbocycles. The molecule has 0 fully saturated rings. The van der Waals surface area contributed by atoms with E-state index in [9.17, 15) is 15.4 Å². The number of rotatable bonds is 7. The van der Waals surface area contributed by atoms with Gasteiger partial charge in [0.05, 0.1) is 33.1 Å². The molecule has 3 aromatic rings. The molecule has 1 N–H and O–H groups in total. The van der Waals surface area contributed by atoms with E-state index in [1.165, 1.54) is 18.5 Å². The quantitative estimate of drug-likeness (QED) is 0.374. The fourth-order valence-electron chi connectivity index (χ4n) is 3.40. The van der Waals surface area contributed by atoms with Gasteiger partial charge in [-0.3, -0.25) is 20.1 Å². The van der Waals surface area contributed by atoms with Gasteiger partial charge in [-0.05, 0) is 42.8 Å². The summed E-state index contributed by atoms with van der Waals surface area (Å²) in [6.45, 7) is 0.417. The molecule has 4 rings (SSSR count). The zero-order chi connectivity index (χ0) is 23.4. The van der Waals surface area contributed by atoms with E-state index in [1.807, 2.05) is 12.2 Å². The molecule has 3 heterocycles. The fraction of sp³-hybridized carbons (Fsp3) is 0.136. The Morgan fingerprint density at radius 1 is 1.18 bits per heavy atom. The van der Waals surface area contributed by atoms with Crippen molar-refractivity contribution in [2.75, 3.05) is 11.9 Å². The molecule has 11 heteroatoms. The van der Waals surface area contributed by atoms with Crippen LogP contribution in [-0.4, -0.2) is 32.6 Å². The number of hydrogen-bond acceptors (Lipinski definition) is 8. The summed E-state index contributed by atoms with van der Waals surface area (Å²) in [5.41, 5.74) is 0.989. The number of pyridine rings is 1. The van der Waals surface area contributed by atoms with Crippen LogP contribution in [0.2, 0.25) is 10.0 Å². The Morgan fingerprint density at radius 2 is 2.03 bits per heavy atom. The largest absolute Gasteiger partial charge is 0.354 e. The first kappa shape index (κ1) is 22.3. The van der Waals surface area contributed by atoms with Gasteiger partial charge in [0.1, 0.15) is 17.8 Å². The number of nitrogens with zero attached hydrogens (tertiary/aromatic N) is 6. The van der Waals surface area contributed by atoms with Crippen molar-refractivity contribution >= 4 is 41.1 Å². The first-order chi connectivity index (χ1) is 15.9. The lowest BCUT2D eigenvalue weighted by Crippen LogP contribution is -2.25. The van der Waals surface area contributed by atoms with Crippen molar-refractivity contribution in [2.24, 2.45) is 4.99 Å². The van der Waals surface area contributed by atoms with Gasteiger partial charge in [-0.2, -0.15) is 5.26 Å². The van der Waals surface area contributed by atoms with Crippen LogP contribution in [0, 0.1) is 21.4 Å². The van der Waals surface area contributed by atoms with Crippen LogP contribution in [-0.2, 0) is 5.54 Å². The molecular weight excluding hydrogens is 465 g/mol. The van der Waals surface area contributed by atoms with E-state index in [0.29, 0.717) is 45.9 Å². The van der Waals surface area contributed by atoms with E-state index in [2.05, 4.69) is 31.3 Å². The number of anilines is 1. The van der Waals surface area contributed by atoms with Gasteiger partial charge in [0.25, 0.3) is 5.69 Å². The first-order valence-corrected chi connectivity index (χ1v) is 10.5. The van der Waals surface area contributed by atoms with Crippen LogP contribution in [0.1, 0.15) is 17.7 Å². The smallest absolute Gasteiger partial charge is 0.287 e. The Bertz CT molecular complexity index is 1310. The van der Waals surface area contributed by atoms with Gasteiger partial charge in [0, 0.05) is 29.4 Å². The molecule has 33 heavy (non-hydrogen) atoms. The molecule has 1 aliphatic heterocycles. The topological polar surface area (TPSA) is 130 Å². The number of halogens is 2. The van der Waals surface area contributed by atoms with Gasteiger partial charge in [-0.15, -0.1) is 0 Å². The minimum absolute atomic E-state index is 0.0858. The zero-order valence-corrected chi connectivity index (χ0v) is 18.5. The zero-order valence-electron chi connectivity index (χ0n) is 16.9. The second-order valence-electron chi connectivity index (χ2n) is 7.09. The average molecular weight is 480 g/mol. The molecule has 0 amide bonds. The summed E-state index contributed by atoms with van der Waals surface area (Å²) >= 11 is 12.3. The highest BCUT2D eigenvalue weighted by atomic mass is 35.5. The van der Waals surface area contributed by atoms with E-state index in [0.717, 1.165) is 0 Å². The summed E-state index contributed by atoms with van der Waals surface area (Å²) in [5, 5.41) is 24.4. The Kier molecular flexibility index (Phi) is 6.31. The maximum Gasteiger partial charge on any atom is 0.287 e. The molecule has 0 saturated carbocycles. The van der Waals surface area contributed by atoms with E-state index in [4.69, 9.17) is 23.2 Å². The first-order valence-electron chi connectivity index (χ1n) is 9.72. The highest BCUT2D eigenvalue weighted by molar-refractivity contribution is 6.36. The lowest BCUT2D eigenvalue weighted by Gasteiger charge is -2.23. The average Bonchev–Trinajstić information content (AvgIpc) is 3.29. The van der Waals surface area contributed by atoms with Crippen molar-refractivity contribution in [3.05, 3.63) is 86.3 Å². The molecule has 1 atom stereocenters. The minimum atomic E-state index is -0.753. The van der Waals surface area contributed by atoms with Crippen LogP contribution in [0.4, 0.5) is 11.6 Å². The van der Waals surface area contributed by atoms with Crippen LogP contribution in [0.3, 0.4) is 0 Å². The van der Waals surface area contributed by atoms with Crippen molar-refractivity contribution in [1.82, 2.24) is 15.0 Å². The van der Waals surface area contributed by atoms with Crippen molar-refractivity contribution in [3.63, 3.8) is 0 Å². The van der Waals surface area contributed by atoms with Crippen molar-refractivity contribution in [3.8, 4) is 17.3 Å². The fourth-order valence-corrected chi connectivity index (χ4v) is 3.90. The van der Waals surface area contributed by atoms with Gasteiger partial charge in [-0.25, -0.2) is 9.97 Å². The number of allylic oxidation sites excluding steroid dienone is 1. The third kappa shape index (κ3) is 4.67. The molecule has 0 aliphatic carbocycles. The maximum atomic E-state index is 10.9. The predicted octanol–water partition coefficient (Wildman–Crippen LogP) is 4.96. The second kappa shape index (κ2) is 9.32. The lowest BCUT2D eigenvalue weighted by molar-refractivity contribution is -0.385. The number of nitriles is 1. The summed E-state index contributed by atoms with van der Waals surface area (Å²) in [7, 11) is 0. The summed E-state index contributed by atoms with van der Waals surface area (Å²) in [6.07, 6.45) is 8.51. The Morgan fingerprint density at radius 3 is 2.67 bits per heavy atom. The Labute approximate surface area is 198 Å². The van der Waals surface area contributed by atoms with Crippen molar-refractivity contribution < 1.29 is 4.92 Å². The third-order valence-corrected chi connectivity index (χ3v) is 5.60. The molecule has 1 unspecified atom stereocenters. The molecule has 0 saturated heterocycles. The summed E-state index contributed by atoms with van der Waals surface area (Å²) < 4.78 is 0. The van der Waals surface area contributed by atoms with Gasteiger partial charge in [-0.1, -0.05) is 23.2 Å². The lowest BCUT2D eigenvalue weighted by atomic mass is 9.92. The van der Waals surface area contributed by atoms with Crippen LogP contribution in [0.25, 0.3) is 11.3 Å². The molecule has 2 aromatic heterocycles. The summed E-state index contributed by atoms with van der Waals surface area (Å²) in [6, 6.07) is 10.0. The SMILES string of the molecule is N#Cc1cnc(NCCC2(c3ccc([N+](=O)[O-])cn3)C=CC=N2)nc1-c1ccc(Cl)cc1Cl. The second-order valence-corrected chi connectivity index (χ2v) is 7.93. The molecule has 0 radical (unpaired) electrons. The maximum absolute atomic E-state index is 10.9. The number of nitrogens with one attached hydrogen (secondary N) is 1. The normalized spacial score (nSPS) is 16.5. The van der Waals surface area contributed by atoms with Crippen LogP contribution >= 0.6 is 23.2 Å². The monoisotopic (exact) mass is 479 g/mol. The Balaban J connectivity index is 1.54. The van der Waals surface area contributed by atoms with E-state index in [1.54, 1.807) is 30.5 Å². The van der Waals surface area contributed by atoms with Gasteiger partial charge in [0.15, 0.2) is 0 Å². The van der Waals surface area contributed by atoms with Gasteiger partial charge in [0.2, 0.25) is 5.95 Å². The number of aromatic nitrogens is 3. The van der Waals surface area contributed by atoms with E-state index >= 15 is 0 Å². The van der Waals surface area contributed by atoms with Gasteiger partial charge >= 0.3 is 0 Å². The van der Waals surface area contributed by atoms with Crippen LogP contribution in [0.15, 0.2) is 59.9 Å². The molecular formula is C22H15Cl2N7O2. The standard InChI is InChI=1S/C22H15Cl2N7O2/c23-15-2-4-17(18(24)10-15)20-14(11-25)12-28-21(30-20)26-9-7-22(6-1-8-29-22)19-5-3-16(13-27-19)31(32)33/h1-6,8,10,12-13H,7,9H2,(H,26,28,30). The highest BCUT2D eigenvalue weighted by Crippen LogP contribution is 2.34. The third-order valence-electron chi connectivity index (χ3n) is 5.05. The summed E-state index contributed by atoms with van der Waals surface area (Å²) in [4.78, 5) is 27.9. The molecule has 9 nitrogen and oxygen atoms in total. The number of nitro groups is 1. The van der Waals surface area contributed by atoms with E-state index < -0.39 is 10.5 Å². The number of aliphatic imine (C=N–C) groups is 1. The van der Waals surface area contributed by atoms with Gasteiger partial charge < -0.3 is 5.32 Å². The molecule has 0 bridgehead atoms. The highest BCUT2D eigenvalue weighted by Gasteiger charge is 2.32.